The van der Waals surface area contributed by atoms with E-state index in [1.807, 2.05) is 0 Å². The molecule has 0 N–H and O–H groups in total. The zero-order valence-corrected chi connectivity index (χ0v) is 10.7. The number of rotatable bonds is 5. The minimum Gasteiger partial charge on any atom is -0.380 e. The average Bonchev–Trinajstić information content (AvgIpc) is 2.50. The van der Waals surface area contributed by atoms with Crippen LogP contribution in [-0.4, -0.2) is 26.4 Å². The summed E-state index contributed by atoms with van der Waals surface area (Å²) in [6.07, 6.45) is 9.65. The highest BCUT2D eigenvalue weighted by Crippen LogP contribution is 2.32. The molecule has 2 nitrogen and oxygen atoms in total. The Balaban J connectivity index is 1.62. The van der Waals surface area contributed by atoms with Crippen LogP contribution in [0.4, 0.5) is 0 Å². The van der Waals surface area contributed by atoms with Crippen molar-refractivity contribution in [1.82, 2.24) is 0 Å². The smallest absolute Gasteiger partial charge is 0.0566 e. The molecule has 0 amide bonds. The van der Waals surface area contributed by atoms with Crippen LogP contribution in [0.3, 0.4) is 0 Å². The Kier molecular flexibility index (Phi) is 4.66. The zero-order valence-electron chi connectivity index (χ0n) is 10.7. The Morgan fingerprint density at radius 2 is 1.81 bits per heavy atom. The lowest BCUT2D eigenvalue weighted by atomic mass is 9.84. The van der Waals surface area contributed by atoms with Gasteiger partial charge in [-0.05, 0) is 25.2 Å². The van der Waals surface area contributed by atoms with Gasteiger partial charge in [0, 0.05) is 12.0 Å². The standard InChI is InChI=1S/C14H26O2/c1-2-14(11-16-12-14)10-15-9-13-7-5-3-4-6-8-13/h13H,2-12H2,1H3. The van der Waals surface area contributed by atoms with E-state index in [9.17, 15) is 0 Å². The molecule has 0 aromatic rings. The largest absolute Gasteiger partial charge is 0.380 e. The Bertz CT molecular complexity index is 185. The summed E-state index contributed by atoms with van der Waals surface area (Å²) in [7, 11) is 0. The summed E-state index contributed by atoms with van der Waals surface area (Å²) in [5.41, 5.74) is 0.366. The maximum atomic E-state index is 5.95. The fourth-order valence-corrected chi connectivity index (χ4v) is 2.75. The van der Waals surface area contributed by atoms with Crippen LogP contribution in [0.1, 0.15) is 51.9 Å². The molecule has 94 valence electrons. The van der Waals surface area contributed by atoms with Crippen LogP contribution >= 0.6 is 0 Å². The maximum absolute atomic E-state index is 5.95. The Morgan fingerprint density at radius 3 is 2.31 bits per heavy atom. The van der Waals surface area contributed by atoms with E-state index in [2.05, 4.69) is 6.92 Å². The van der Waals surface area contributed by atoms with Crippen LogP contribution < -0.4 is 0 Å². The van der Waals surface area contributed by atoms with Gasteiger partial charge in [0.1, 0.15) is 0 Å². The molecule has 0 bridgehead atoms. The molecular weight excluding hydrogens is 200 g/mol. The molecule has 1 heterocycles. The molecule has 0 aromatic heterocycles. The molecule has 2 rings (SSSR count). The van der Waals surface area contributed by atoms with Crippen molar-refractivity contribution >= 4 is 0 Å². The van der Waals surface area contributed by atoms with Crippen LogP contribution in [0.15, 0.2) is 0 Å². The van der Waals surface area contributed by atoms with E-state index in [0.717, 1.165) is 32.3 Å². The predicted molar refractivity (Wildman–Crippen MR) is 65.6 cm³/mol. The highest BCUT2D eigenvalue weighted by molar-refractivity contribution is 4.84. The lowest BCUT2D eigenvalue weighted by molar-refractivity contribution is -0.152. The van der Waals surface area contributed by atoms with Gasteiger partial charge in [0.25, 0.3) is 0 Å². The molecule has 0 radical (unpaired) electrons. The summed E-state index contributed by atoms with van der Waals surface area (Å²) in [6.45, 7) is 5.97. The van der Waals surface area contributed by atoms with Gasteiger partial charge in [0.05, 0.1) is 19.8 Å². The maximum Gasteiger partial charge on any atom is 0.0566 e. The van der Waals surface area contributed by atoms with E-state index in [1.54, 1.807) is 0 Å². The zero-order chi connectivity index (χ0) is 11.3. The highest BCUT2D eigenvalue weighted by Gasteiger charge is 2.37. The van der Waals surface area contributed by atoms with Crippen LogP contribution in [0, 0.1) is 11.3 Å². The van der Waals surface area contributed by atoms with Gasteiger partial charge in [-0.3, -0.25) is 0 Å². The Morgan fingerprint density at radius 1 is 1.12 bits per heavy atom. The quantitative estimate of drug-likeness (QED) is 0.669. The number of hydrogen-bond donors (Lipinski definition) is 0. The van der Waals surface area contributed by atoms with E-state index in [0.29, 0.717) is 5.41 Å². The minimum atomic E-state index is 0.366. The summed E-state index contributed by atoms with van der Waals surface area (Å²) in [5.74, 6) is 0.831. The molecule has 1 aliphatic heterocycles. The second-order valence-corrected chi connectivity index (χ2v) is 5.72. The van der Waals surface area contributed by atoms with E-state index in [4.69, 9.17) is 9.47 Å². The monoisotopic (exact) mass is 226 g/mol. The topological polar surface area (TPSA) is 18.5 Å². The normalized spacial score (nSPS) is 26.1. The Labute approximate surface area is 99.7 Å². The summed E-state index contributed by atoms with van der Waals surface area (Å²) < 4.78 is 11.3. The first-order chi connectivity index (χ1) is 7.85. The lowest BCUT2D eigenvalue weighted by Crippen LogP contribution is -2.46. The molecule has 0 spiro atoms. The molecular formula is C14H26O2. The first kappa shape index (κ1) is 12.4. The van der Waals surface area contributed by atoms with Crippen molar-refractivity contribution in [3.8, 4) is 0 Å². The Hall–Kier alpha value is -0.0800. The molecule has 0 aromatic carbocycles. The van der Waals surface area contributed by atoms with Gasteiger partial charge in [-0.15, -0.1) is 0 Å². The molecule has 1 saturated heterocycles. The van der Waals surface area contributed by atoms with E-state index < -0.39 is 0 Å². The fourth-order valence-electron chi connectivity index (χ4n) is 2.75. The van der Waals surface area contributed by atoms with Gasteiger partial charge in [0.2, 0.25) is 0 Å². The third-order valence-corrected chi connectivity index (χ3v) is 4.30. The second-order valence-electron chi connectivity index (χ2n) is 5.72. The van der Waals surface area contributed by atoms with Crippen molar-refractivity contribution in [2.24, 2.45) is 11.3 Å². The lowest BCUT2D eigenvalue weighted by Gasteiger charge is -2.40. The molecule has 2 fully saturated rings. The summed E-state index contributed by atoms with van der Waals surface area (Å²) in [5, 5.41) is 0. The van der Waals surface area contributed by atoms with Crippen LogP contribution in [0.25, 0.3) is 0 Å². The molecule has 1 aliphatic carbocycles. The van der Waals surface area contributed by atoms with Gasteiger partial charge in [-0.2, -0.15) is 0 Å². The number of ether oxygens (including phenoxy) is 2. The van der Waals surface area contributed by atoms with Crippen molar-refractivity contribution in [1.29, 1.82) is 0 Å². The van der Waals surface area contributed by atoms with Crippen LogP contribution in [0.2, 0.25) is 0 Å². The number of hydrogen-bond acceptors (Lipinski definition) is 2. The summed E-state index contributed by atoms with van der Waals surface area (Å²) in [4.78, 5) is 0. The summed E-state index contributed by atoms with van der Waals surface area (Å²) >= 11 is 0. The first-order valence-corrected chi connectivity index (χ1v) is 7.00. The first-order valence-electron chi connectivity index (χ1n) is 7.00. The van der Waals surface area contributed by atoms with E-state index in [-0.39, 0.29) is 0 Å². The van der Waals surface area contributed by atoms with Crippen molar-refractivity contribution in [3.05, 3.63) is 0 Å². The van der Waals surface area contributed by atoms with Crippen LogP contribution in [-0.2, 0) is 9.47 Å². The van der Waals surface area contributed by atoms with Gasteiger partial charge >= 0.3 is 0 Å². The summed E-state index contributed by atoms with van der Waals surface area (Å²) in [6, 6.07) is 0. The van der Waals surface area contributed by atoms with Gasteiger partial charge in [-0.25, -0.2) is 0 Å². The van der Waals surface area contributed by atoms with Gasteiger partial charge in [-0.1, -0.05) is 32.6 Å². The third-order valence-electron chi connectivity index (χ3n) is 4.30. The molecule has 1 saturated carbocycles. The SMILES string of the molecule is CCC1(COCC2CCCCCC2)COC1. The van der Waals surface area contributed by atoms with Crippen LogP contribution in [0.5, 0.6) is 0 Å². The molecule has 16 heavy (non-hydrogen) atoms. The molecule has 0 atom stereocenters. The minimum absolute atomic E-state index is 0.366. The van der Waals surface area contributed by atoms with Crippen molar-refractivity contribution in [2.75, 3.05) is 26.4 Å². The fraction of sp³-hybridized carbons (Fsp3) is 1.00. The molecule has 0 unspecified atom stereocenters. The highest BCUT2D eigenvalue weighted by atomic mass is 16.5. The molecule has 2 aliphatic rings. The van der Waals surface area contributed by atoms with Crippen molar-refractivity contribution in [3.63, 3.8) is 0 Å². The third kappa shape index (κ3) is 3.21. The van der Waals surface area contributed by atoms with Crippen molar-refractivity contribution in [2.45, 2.75) is 51.9 Å². The van der Waals surface area contributed by atoms with E-state index in [1.165, 1.54) is 44.9 Å². The second kappa shape index (κ2) is 6.02. The van der Waals surface area contributed by atoms with Gasteiger partial charge in [0.15, 0.2) is 0 Å². The predicted octanol–water partition coefficient (Wildman–Crippen LogP) is 3.40. The average molecular weight is 226 g/mol. The van der Waals surface area contributed by atoms with Gasteiger partial charge < -0.3 is 9.47 Å². The van der Waals surface area contributed by atoms with Crippen molar-refractivity contribution < 1.29 is 9.47 Å². The van der Waals surface area contributed by atoms with E-state index >= 15 is 0 Å². The molecule has 2 heteroatoms.